The molecule has 1 N–H and O–H groups in total. The molecule has 1 aromatic rings. The van der Waals surface area contributed by atoms with Gasteiger partial charge in [0.2, 0.25) is 11.8 Å². The number of hydrogen-bond donors (Lipinski definition) is 1. The smallest absolute Gasteiger partial charge is 0.267 e. The zero-order chi connectivity index (χ0) is 19.0. The molecule has 0 bridgehead atoms. The Hall–Kier alpha value is -2.09. The average molecular weight is 368 g/mol. The van der Waals surface area contributed by atoms with Crippen LogP contribution in [-0.2, 0) is 19.6 Å². The number of sulfonamides is 1. The van der Waals surface area contributed by atoms with Crippen molar-refractivity contribution < 1.29 is 22.7 Å². The van der Waals surface area contributed by atoms with E-state index in [1.165, 1.54) is 25.3 Å². The van der Waals surface area contributed by atoms with Crippen LogP contribution in [0.2, 0.25) is 0 Å². The van der Waals surface area contributed by atoms with Gasteiger partial charge in [-0.25, -0.2) is 12.7 Å². The molecule has 0 unspecified atom stereocenters. The van der Waals surface area contributed by atoms with Gasteiger partial charge in [0.05, 0.1) is 12.0 Å². The van der Waals surface area contributed by atoms with Gasteiger partial charge in [0.25, 0.3) is 10.0 Å². The molecule has 1 aliphatic rings. The Bertz CT molecular complexity index is 796. The second-order valence-electron chi connectivity index (χ2n) is 7.12. The molecule has 0 radical (unpaired) electrons. The minimum absolute atomic E-state index is 0.0244. The highest BCUT2D eigenvalue weighted by molar-refractivity contribution is 7.89. The maximum Gasteiger partial charge on any atom is 0.267 e. The van der Waals surface area contributed by atoms with Crippen molar-refractivity contribution in [2.75, 3.05) is 7.11 Å². The Balaban J connectivity index is 2.40. The number of aryl methyl sites for hydroxylation is 1. The summed E-state index contributed by atoms with van der Waals surface area (Å²) in [5.74, 6) is -0.483. The molecule has 2 rings (SSSR count). The quantitative estimate of drug-likeness (QED) is 0.871. The fourth-order valence-electron chi connectivity index (χ4n) is 2.78. The third-order valence-electron chi connectivity index (χ3n) is 3.88. The van der Waals surface area contributed by atoms with Crippen LogP contribution in [0.3, 0.4) is 0 Å². The highest BCUT2D eigenvalue weighted by Gasteiger charge is 2.44. The highest BCUT2D eigenvalue weighted by atomic mass is 32.2. The summed E-state index contributed by atoms with van der Waals surface area (Å²) < 4.78 is 31.8. The summed E-state index contributed by atoms with van der Waals surface area (Å²) in [6.45, 7) is 7.11. The summed E-state index contributed by atoms with van der Waals surface area (Å²) in [6.07, 6.45) is 0.200. The molecule has 1 aliphatic heterocycles. The first kappa shape index (κ1) is 19.2. The van der Waals surface area contributed by atoms with E-state index in [1.54, 1.807) is 27.7 Å². The molecule has 1 fully saturated rings. The van der Waals surface area contributed by atoms with Crippen LogP contribution in [0.25, 0.3) is 0 Å². The Morgan fingerprint density at radius 3 is 2.48 bits per heavy atom. The number of benzene rings is 1. The zero-order valence-corrected chi connectivity index (χ0v) is 15.9. The number of amides is 2. The van der Waals surface area contributed by atoms with Crippen LogP contribution in [0.5, 0.6) is 5.75 Å². The standard InChI is InChI=1S/C17H24N2O5S/c1-11-10-12(6-8-14(11)24-5)25(22,23)19-13(7-9-15(19)20)16(21)18-17(2,3)4/h6,8,10,13H,7,9H2,1-5H3,(H,18,21)/t13-/m1/s1. The molecule has 0 spiro atoms. The van der Waals surface area contributed by atoms with E-state index in [-0.39, 0.29) is 17.7 Å². The lowest BCUT2D eigenvalue weighted by atomic mass is 10.1. The van der Waals surface area contributed by atoms with Crippen LogP contribution in [0.4, 0.5) is 0 Å². The van der Waals surface area contributed by atoms with Crippen molar-refractivity contribution >= 4 is 21.8 Å². The number of methoxy groups -OCH3 is 1. The summed E-state index contributed by atoms with van der Waals surface area (Å²) in [7, 11) is -2.62. The molecule has 25 heavy (non-hydrogen) atoms. The Labute approximate surface area is 148 Å². The molecule has 7 nitrogen and oxygen atoms in total. The summed E-state index contributed by atoms with van der Waals surface area (Å²) in [4.78, 5) is 24.7. The van der Waals surface area contributed by atoms with Gasteiger partial charge in [-0.2, -0.15) is 0 Å². The summed E-state index contributed by atoms with van der Waals surface area (Å²) in [5.41, 5.74) is 0.111. The first-order valence-corrected chi connectivity index (χ1v) is 9.45. The molecule has 0 aliphatic carbocycles. The summed E-state index contributed by atoms with van der Waals surface area (Å²) in [5, 5.41) is 2.75. The predicted molar refractivity (Wildman–Crippen MR) is 92.7 cm³/mol. The van der Waals surface area contributed by atoms with E-state index < -0.39 is 33.4 Å². The molecular formula is C17H24N2O5S. The van der Waals surface area contributed by atoms with Gasteiger partial charge < -0.3 is 10.1 Å². The third kappa shape index (κ3) is 3.95. The maximum absolute atomic E-state index is 13.0. The second kappa shape index (κ2) is 6.67. The third-order valence-corrected chi connectivity index (χ3v) is 5.71. The molecule has 8 heteroatoms. The van der Waals surface area contributed by atoms with Gasteiger partial charge in [0.1, 0.15) is 11.8 Å². The normalized spacial score (nSPS) is 18.4. The minimum atomic E-state index is -4.12. The van der Waals surface area contributed by atoms with Crippen molar-refractivity contribution in [3.05, 3.63) is 23.8 Å². The van der Waals surface area contributed by atoms with Crippen molar-refractivity contribution in [1.82, 2.24) is 9.62 Å². The van der Waals surface area contributed by atoms with Crippen LogP contribution >= 0.6 is 0 Å². The summed E-state index contributed by atoms with van der Waals surface area (Å²) in [6, 6.07) is 3.33. The first-order valence-electron chi connectivity index (χ1n) is 8.01. The zero-order valence-electron chi connectivity index (χ0n) is 15.1. The molecule has 1 atom stereocenters. The van der Waals surface area contributed by atoms with Crippen LogP contribution in [0, 0.1) is 6.92 Å². The molecule has 138 valence electrons. The van der Waals surface area contributed by atoms with Crippen LogP contribution in [0.1, 0.15) is 39.2 Å². The van der Waals surface area contributed by atoms with E-state index in [2.05, 4.69) is 5.32 Å². The lowest BCUT2D eigenvalue weighted by molar-refractivity contribution is -0.131. The number of rotatable bonds is 4. The van der Waals surface area contributed by atoms with Crippen LogP contribution < -0.4 is 10.1 Å². The highest BCUT2D eigenvalue weighted by Crippen LogP contribution is 2.30. The molecule has 0 saturated carbocycles. The predicted octanol–water partition coefficient (Wildman–Crippen LogP) is 1.60. The molecule has 2 amide bonds. The first-order chi connectivity index (χ1) is 11.5. The molecule has 1 heterocycles. The van der Waals surface area contributed by atoms with E-state index in [9.17, 15) is 18.0 Å². The SMILES string of the molecule is COc1ccc(S(=O)(=O)N2C(=O)CC[C@@H]2C(=O)NC(C)(C)C)cc1C. The Morgan fingerprint density at radius 2 is 1.96 bits per heavy atom. The van der Waals surface area contributed by atoms with E-state index in [4.69, 9.17) is 4.74 Å². The molecule has 1 aromatic carbocycles. The van der Waals surface area contributed by atoms with E-state index >= 15 is 0 Å². The fourth-order valence-corrected chi connectivity index (χ4v) is 4.47. The van der Waals surface area contributed by atoms with Crippen molar-refractivity contribution in [2.24, 2.45) is 0 Å². The van der Waals surface area contributed by atoms with Gasteiger partial charge in [-0.3, -0.25) is 9.59 Å². The number of carbonyl (C=O) groups is 2. The van der Waals surface area contributed by atoms with Gasteiger partial charge in [-0.05, 0) is 57.9 Å². The Morgan fingerprint density at radius 1 is 1.32 bits per heavy atom. The van der Waals surface area contributed by atoms with E-state index in [0.717, 1.165) is 4.31 Å². The van der Waals surface area contributed by atoms with Crippen molar-refractivity contribution in [2.45, 2.75) is 57.0 Å². The number of ether oxygens (including phenoxy) is 1. The Kier molecular flexibility index (Phi) is 5.13. The second-order valence-corrected chi connectivity index (χ2v) is 8.93. The number of nitrogens with zero attached hydrogens (tertiary/aromatic N) is 1. The maximum atomic E-state index is 13.0. The molecule has 1 saturated heterocycles. The fraction of sp³-hybridized carbons (Fsp3) is 0.529. The molecular weight excluding hydrogens is 344 g/mol. The van der Waals surface area contributed by atoms with Gasteiger partial charge >= 0.3 is 0 Å². The van der Waals surface area contributed by atoms with Gasteiger partial charge in [-0.1, -0.05) is 0 Å². The topological polar surface area (TPSA) is 92.8 Å². The number of nitrogens with one attached hydrogen (secondary N) is 1. The summed E-state index contributed by atoms with van der Waals surface area (Å²) >= 11 is 0. The van der Waals surface area contributed by atoms with Gasteiger partial charge in [0.15, 0.2) is 0 Å². The van der Waals surface area contributed by atoms with Crippen molar-refractivity contribution in [3.8, 4) is 5.75 Å². The van der Waals surface area contributed by atoms with Crippen LogP contribution in [0.15, 0.2) is 23.1 Å². The number of hydrogen-bond acceptors (Lipinski definition) is 5. The van der Waals surface area contributed by atoms with Crippen LogP contribution in [-0.4, -0.2) is 43.2 Å². The van der Waals surface area contributed by atoms with Gasteiger partial charge in [0, 0.05) is 12.0 Å². The largest absolute Gasteiger partial charge is 0.496 e. The average Bonchev–Trinajstić information content (AvgIpc) is 2.88. The lowest BCUT2D eigenvalue weighted by Crippen LogP contribution is -2.52. The lowest BCUT2D eigenvalue weighted by Gasteiger charge is -2.28. The molecule has 0 aromatic heterocycles. The van der Waals surface area contributed by atoms with Crippen molar-refractivity contribution in [3.63, 3.8) is 0 Å². The van der Waals surface area contributed by atoms with E-state index in [1.807, 2.05) is 0 Å². The minimum Gasteiger partial charge on any atom is -0.496 e. The number of carbonyl (C=O) groups excluding carboxylic acids is 2. The van der Waals surface area contributed by atoms with Crippen molar-refractivity contribution in [1.29, 1.82) is 0 Å². The van der Waals surface area contributed by atoms with E-state index in [0.29, 0.717) is 11.3 Å². The van der Waals surface area contributed by atoms with Gasteiger partial charge in [-0.15, -0.1) is 0 Å². The monoisotopic (exact) mass is 368 g/mol.